The van der Waals surface area contributed by atoms with Crippen LogP contribution in [0.2, 0.25) is 0 Å². The van der Waals surface area contributed by atoms with Crippen molar-refractivity contribution >= 4 is 30.0 Å². The van der Waals surface area contributed by atoms with Crippen LogP contribution in [0.15, 0.2) is 24.3 Å². The van der Waals surface area contributed by atoms with E-state index in [1.54, 1.807) is 17.0 Å². The first kappa shape index (κ1) is 18.5. The van der Waals surface area contributed by atoms with Gasteiger partial charge < -0.3 is 16.4 Å². The van der Waals surface area contributed by atoms with E-state index in [1.165, 1.54) is 0 Å². The molecule has 1 saturated carbocycles. The van der Waals surface area contributed by atoms with E-state index in [0.717, 1.165) is 37.8 Å². The summed E-state index contributed by atoms with van der Waals surface area (Å²) in [6, 6.07) is 7.62. The predicted octanol–water partition coefficient (Wildman–Crippen LogP) is 2.03. The molecule has 132 valence electrons. The Balaban J connectivity index is 0.00000208. The maximum Gasteiger partial charge on any atom is 0.321 e. The van der Waals surface area contributed by atoms with Crippen LogP contribution >= 0.6 is 12.4 Å². The molecule has 2 fully saturated rings. The van der Waals surface area contributed by atoms with Crippen molar-refractivity contribution < 1.29 is 9.59 Å². The number of hydrogen-bond acceptors (Lipinski definition) is 3. The molecule has 4 N–H and O–H groups in total. The lowest BCUT2D eigenvalue weighted by Crippen LogP contribution is -2.46. The van der Waals surface area contributed by atoms with E-state index < -0.39 is 0 Å². The smallest absolute Gasteiger partial charge is 0.321 e. The maximum atomic E-state index is 12.4. The third-order valence-corrected chi connectivity index (χ3v) is 4.61. The standard InChI is InChI=1S/C17H24N4O2.ClH/c18-13-5-7-14(8-6-13)20-16(22)12-3-1-4-15(11-12)21-10-2-9-19-17(21)23;/h1,3-4,11,13-14H,2,5-10,18H2,(H,19,23)(H,20,22);1H. The summed E-state index contributed by atoms with van der Waals surface area (Å²) in [7, 11) is 0. The van der Waals surface area contributed by atoms with Gasteiger partial charge in [0.05, 0.1) is 0 Å². The lowest BCUT2D eigenvalue weighted by Gasteiger charge is -2.28. The van der Waals surface area contributed by atoms with Crippen LogP contribution in [0.4, 0.5) is 10.5 Å². The van der Waals surface area contributed by atoms with Crippen molar-refractivity contribution in [2.75, 3.05) is 18.0 Å². The molecule has 0 atom stereocenters. The largest absolute Gasteiger partial charge is 0.349 e. The summed E-state index contributed by atoms with van der Waals surface area (Å²) >= 11 is 0. The van der Waals surface area contributed by atoms with Gasteiger partial charge >= 0.3 is 6.03 Å². The van der Waals surface area contributed by atoms with Gasteiger partial charge in [0, 0.05) is 36.4 Å². The van der Waals surface area contributed by atoms with E-state index in [2.05, 4.69) is 10.6 Å². The van der Waals surface area contributed by atoms with Crippen LogP contribution in [-0.2, 0) is 0 Å². The Labute approximate surface area is 148 Å². The number of anilines is 1. The number of benzene rings is 1. The molecule has 0 radical (unpaired) electrons. The molecule has 0 aromatic heterocycles. The minimum atomic E-state index is -0.102. The highest BCUT2D eigenvalue weighted by Gasteiger charge is 2.22. The Kier molecular flexibility index (Phi) is 6.45. The number of amides is 3. The van der Waals surface area contributed by atoms with Crippen molar-refractivity contribution in [3.8, 4) is 0 Å². The maximum absolute atomic E-state index is 12.4. The first-order valence-corrected chi connectivity index (χ1v) is 8.35. The van der Waals surface area contributed by atoms with Gasteiger partial charge in [0.1, 0.15) is 0 Å². The monoisotopic (exact) mass is 352 g/mol. The topological polar surface area (TPSA) is 87.5 Å². The lowest BCUT2D eigenvalue weighted by molar-refractivity contribution is 0.0926. The highest BCUT2D eigenvalue weighted by Crippen LogP contribution is 2.20. The average molecular weight is 353 g/mol. The molecule has 0 spiro atoms. The molecular formula is C17H25ClN4O2. The zero-order chi connectivity index (χ0) is 16.2. The van der Waals surface area contributed by atoms with E-state index in [4.69, 9.17) is 5.73 Å². The molecule has 6 nitrogen and oxygen atoms in total. The highest BCUT2D eigenvalue weighted by atomic mass is 35.5. The second kappa shape index (κ2) is 8.35. The molecule has 1 heterocycles. The van der Waals surface area contributed by atoms with Gasteiger partial charge in [0.15, 0.2) is 0 Å². The van der Waals surface area contributed by atoms with Crippen molar-refractivity contribution in [2.24, 2.45) is 5.73 Å². The van der Waals surface area contributed by atoms with E-state index in [1.807, 2.05) is 12.1 Å². The summed E-state index contributed by atoms with van der Waals surface area (Å²) in [5.41, 5.74) is 7.26. The number of carbonyl (C=O) groups excluding carboxylic acids is 2. The van der Waals surface area contributed by atoms with Crippen LogP contribution in [0.3, 0.4) is 0 Å². The second-order valence-corrected chi connectivity index (χ2v) is 6.37. The number of nitrogens with two attached hydrogens (primary N) is 1. The highest BCUT2D eigenvalue weighted by molar-refractivity contribution is 5.98. The van der Waals surface area contributed by atoms with E-state index in [0.29, 0.717) is 18.7 Å². The SMILES string of the molecule is Cl.NC1CCC(NC(=O)c2cccc(N3CCCNC3=O)c2)CC1. The third-order valence-electron chi connectivity index (χ3n) is 4.61. The van der Waals surface area contributed by atoms with Crippen LogP contribution in [0.5, 0.6) is 0 Å². The molecule has 1 aromatic carbocycles. The van der Waals surface area contributed by atoms with Crippen LogP contribution < -0.4 is 21.3 Å². The zero-order valence-corrected chi connectivity index (χ0v) is 14.5. The summed E-state index contributed by atoms with van der Waals surface area (Å²) in [5, 5.41) is 5.91. The Morgan fingerprint density at radius 2 is 2.00 bits per heavy atom. The molecule has 3 amide bonds. The lowest BCUT2D eigenvalue weighted by atomic mass is 9.91. The number of hydrogen-bond donors (Lipinski definition) is 3. The van der Waals surface area contributed by atoms with Crippen LogP contribution in [0, 0.1) is 0 Å². The molecule has 1 saturated heterocycles. The summed E-state index contributed by atoms with van der Waals surface area (Å²) in [6.07, 6.45) is 4.69. The van der Waals surface area contributed by atoms with Crippen molar-refractivity contribution in [3.05, 3.63) is 29.8 Å². The third kappa shape index (κ3) is 4.39. The average Bonchev–Trinajstić information content (AvgIpc) is 2.57. The Morgan fingerprint density at radius 3 is 2.71 bits per heavy atom. The minimum absolute atomic E-state index is 0. The Morgan fingerprint density at radius 1 is 1.25 bits per heavy atom. The molecule has 7 heteroatoms. The summed E-state index contributed by atoms with van der Waals surface area (Å²) in [4.78, 5) is 26.1. The number of nitrogens with one attached hydrogen (secondary N) is 2. The second-order valence-electron chi connectivity index (χ2n) is 6.37. The van der Waals surface area contributed by atoms with Gasteiger partial charge in [-0.3, -0.25) is 9.69 Å². The quantitative estimate of drug-likeness (QED) is 0.777. The molecule has 0 unspecified atom stereocenters. The molecule has 3 rings (SSSR count). The predicted molar refractivity (Wildman–Crippen MR) is 96.7 cm³/mol. The molecule has 1 aromatic rings. The van der Waals surface area contributed by atoms with Gasteiger partial charge in [-0.1, -0.05) is 6.07 Å². The fourth-order valence-electron chi connectivity index (χ4n) is 3.22. The van der Waals surface area contributed by atoms with Crippen LogP contribution in [-0.4, -0.2) is 37.1 Å². The Hall–Kier alpha value is -1.79. The van der Waals surface area contributed by atoms with Gasteiger partial charge in [0.2, 0.25) is 0 Å². The minimum Gasteiger partial charge on any atom is -0.349 e. The van der Waals surface area contributed by atoms with Crippen molar-refractivity contribution in [1.82, 2.24) is 10.6 Å². The molecule has 2 aliphatic rings. The number of carbonyl (C=O) groups is 2. The summed E-state index contributed by atoms with van der Waals surface area (Å²) < 4.78 is 0. The van der Waals surface area contributed by atoms with Gasteiger partial charge in [0.25, 0.3) is 5.91 Å². The van der Waals surface area contributed by atoms with Gasteiger partial charge in [-0.15, -0.1) is 12.4 Å². The van der Waals surface area contributed by atoms with E-state index >= 15 is 0 Å². The number of rotatable bonds is 3. The van der Waals surface area contributed by atoms with Crippen molar-refractivity contribution in [3.63, 3.8) is 0 Å². The molecule has 1 aliphatic heterocycles. The fraction of sp³-hybridized carbons (Fsp3) is 0.529. The molecule has 24 heavy (non-hydrogen) atoms. The fourth-order valence-corrected chi connectivity index (χ4v) is 3.22. The van der Waals surface area contributed by atoms with E-state index in [9.17, 15) is 9.59 Å². The first-order chi connectivity index (χ1) is 11.1. The van der Waals surface area contributed by atoms with Gasteiger partial charge in [-0.25, -0.2) is 4.79 Å². The number of halogens is 1. The van der Waals surface area contributed by atoms with Crippen molar-refractivity contribution in [1.29, 1.82) is 0 Å². The summed E-state index contributed by atoms with van der Waals surface area (Å²) in [6.45, 7) is 1.39. The Bertz CT molecular complexity index is 588. The number of nitrogens with zero attached hydrogens (tertiary/aromatic N) is 1. The normalized spacial score (nSPS) is 23.9. The molecular weight excluding hydrogens is 328 g/mol. The van der Waals surface area contributed by atoms with Crippen molar-refractivity contribution in [2.45, 2.75) is 44.2 Å². The first-order valence-electron chi connectivity index (χ1n) is 8.35. The van der Waals surface area contributed by atoms with Gasteiger partial charge in [-0.2, -0.15) is 0 Å². The molecule has 1 aliphatic carbocycles. The van der Waals surface area contributed by atoms with Crippen LogP contribution in [0.25, 0.3) is 0 Å². The zero-order valence-electron chi connectivity index (χ0n) is 13.7. The molecule has 0 bridgehead atoms. The van der Waals surface area contributed by atoms with Gasteiger partial charge in [-0.05, 0) is 50.3 Å². The van der Waals surface area contributed by atoms with E-state index in [-0.39, 0.29) is 36.4 Å². The number of urea groups is 1. The summed E-state index contributed by atoms with van der Waals surface area (Å²) in [5.74, 6) is -0.0789. The van der Waals surface area contributed by atoms with Crippen LogP contribution in [0.1, 0.15) is 42.5 Å².